The molecule has 3 aromatic rings. The fourth-order valence-corrected chi connectivity index (χ4v) is 4.70. The molecule has 1 amide bonds. The van der Waals surface area contributed by atoms with E-state index in [-0.39, 0.29) is 5.91 Å². The average molecular weight is 463 g/mol. The molecule has 5 heteroatoms. The summed E-state index contributed by atoms with van der Waals surface area (Å²) in [6.45, 7) is 3.95. The molecule has 0 spiro atoms. The van der Waals surface area contributed by atoms with E-state index in [2.05, 4.69) is 71.2 Å². The zero-order valence-corrected chi connectivity index (χ0v) is 20.7. The maximum atomic E-state index is 13.0. The second-order valence-electron chi connectivity index (χ2n) is 8.75. The molecule has 0 aliphatic heterocycles. The van der Waals surface area contributed by atoms with Crippen LogP contribution in [0.3, 0.4) is 0 Å². The van der Waals surface area contributed by atoms with Crippen molar-refractivity contribution in [3.8, 4) is 22.7 Å². The molecule has 4 nitrogen and oxygen atoms in total. The second kappa shape index (κ2) is 11.0. The Morgan fingerprint density at radius 3 is 2.39 bits per heavy atom. The zero-order chi connectivity index (χ0) is 23.2. The van der Waals surface area contributed by atoms with Crippen LogP contribution < -0.4 is 4.74 Å². The summed E-state index contributed by atoms with van der Waals surface area (Å²) in [5, 5.41) is 0. The van der Waals surface area contributed by atoms with Crippen LogP contribution in [0.4, 0.5) is 0 Å². The lowest BCUT2D eigenvalue weighted by molar-refractivity contribution is -0.131. The van der Waals surface area contributed by atoms with Gasteiger partial charge in [-0.2, -0.15) is 0 Å². The maximum absolute atomic E-state index is 13.0. The Morgan fingerprint density at radius 1 is 1.06 bits per heavy atom. The van der Waals surface area contributed by atoms with Gasteiger partial charge in [-0.05, 0) is 104 Å². The van der Waals surface area contributed by atoms with E-state index >= 15 is 0 Å². The van der Waals surface area contributed by atoms with Gasteiger partial charge in [0.25, 0.3) is 0 Å². The van der Waals surface area contributed by atoms with Crippen molar-refractivity contribution in [2.45, 2.75) is 43.9 Å². The number of methoxy groups -OCH3 is 1. The van der Waals surface area contributed by atoms with Gasteiger partial charge < -0.3 is 14.2 Å². The first-order valence-corrected chi connectivity index (χ1v) is 13.1. The quantitative estimate of drug-likeness (QED) is 0.307. The molecule has 1 saturated carbocycles. The number of carbonyl (C=O) groups is 1. The fourth-order valence-electron chi connectivity index (χ4n) is 4.29. The van der Waals surface area contributed by atoms with Crippen molar-refractivity contribution in [1.29, 1.82) is 0 Å². The molecule has 1 aliphatic rings. The molecular weight excluding hydrogens is 428 g/mol. The molecule has 0 saturated heterocycles. The molecule has 1 aromatic heterocycles. The minimum atomic E-state index is 0.278. The number of thioether (sulfide) groups is 1. The summed E-state index contributed by atoms with van der Waals surface area (Å²) < 4.78 is 7.63. The van der Waals surface area contributed by atoms with Crippen LogP contribution in [0, 0.1) is 5.92 Å². The van der Waals surface area contributed by atoms with Crippen molar-refractivity contribution in [1.82, 2.24) is 9.47 Å². The van der Waals surface area contributed by atoms with Crippen molar-refractivity contribution < 1.29 is 9.53 Å². The monoisotopic (exact) mass is 462 g/mol. The Labute approximate surface area is 201 Å². The maximum Gasteiger partial charge on any atom is 0.222 e. The molecule has 4 rings (SSSR count). The number of hydrogen-bond donors (Lipinski definition) is 0. The Morgan fingerprint density at radius 2 is 1.79 bits per heavy atom. The van der Waals surface area contributed by atoms with Crippen LogP contribution in [0.1, 0.15) is 38.3 Å². The number of hydrogen-bond acceptors (Lipinski definition) is 3. The van der Waals surface area contributed by atoms with Gasteiger partial charge in [0.05, 0.1) is 12.8 Å². The number of rotatable bonds is 11. The normalized spacial score (nSPS) is 13.2. The van der Waals surface area contributed by atoms with Gasteiger partial charge in [0, 0.05) is 35.8 Å². The van der Waals surface area contributed by atoms with Gasteiger partial charge in [0.1, 0.15) is 5.75 Å². The van der Waals surface area contributed by atoms with E-state index in [1.54, 1.807) is 18.9 Å². The van der Waals surface area contributed by atoms with Crippen molar-refractivity contribution in [3.63, 3.8) is 0 Å². The highest BCUT2D eigenvalue weighted by atomic mass is 32.2. The van der Waals surface area contributed by atoms with E-state index in [1.165, 1.54) is 17.7 Å². The van der Waals surface area contributed by atoms with Gasteiger partial charge >= 0.3 is 0 Å². The van der Waals surface area contributed by atoms with E-state index in [0.29, 0.717) is 6.42 Å². The van der Waals surface area contributed by atoms with E-state index in [0.717, 1.165) is 60.2 Å². The summed E-state index contributed by atoms with van der Waals surface area (Å²) in [6, 6.07) is 21.2. The number of aryl methyl sites for hydroxylation is 1. The first-order chi connectivity index (χ1) is 16.1. The minimum Gasteiger partial charge on any atom is -0.497 e. The first-order valence-electron chi connectivity index (χ1n) is 11.9. The smallest absolute Gasteiger partial charge is 0.222 e. The lowest BCUT2D eigenvalue weighted by Gasteiger charge is -2.22. The largest absolute Gasteiger partial charge is 0.497 e. The van der Waals surface area contributed by atoms with Gasteiger partial charge in [-0.25, -0.2) is 0 Å². The van der Waals surface area contributed by atoms with Crippen LogP contribution in [0.2, 0.25) is 0 Å². The summed E-state index contributed by atoms with van der Waals surface area (Å²) in [7, 11) is 1.69. The molecule has 0 bridgehead atoms. The van der Waals surface area contributed by atoms with Crippen molar-refractivity contribution in [2.75, 3.05) is 26.5 Å². The summed E-state index contributed by atoms with van der Waals surface area (Å²) >= 11 is 1.74. The third kappa shape index (κ3) is 5.83. The summed E-state index contributed by atoms with van der Waals surface area (Å²) in [4.78, 5) is 16.4. The molecule has 0 radical (unpaired) electrons. The standard InChI is InChI=1S/C28H34N2O2S/c1-4-19-29(20-21-5-6-21)28(31)18-12-24-11-17-27(22-7-13-25(32-2)14-8-22)30(24)23-9-15-26(33-3)16-10-23/h7-11,13-17,21H,4-6,12,18-20H2,1-3H3. The predicted octanol–water partition coefficient (Wildman–Crippen LogP) is 6.46. The number of amides is 1. The lowest BCUT2D eigenvalue weighted by atomic mass is 10.1. The van der Waals surface area contributed by atoms with Crippen LogP contribution >= 0.6 is 11.8 Å². The number of carbonyl (C=O) groups excluding carboxylic acids is 1. The molecule has 33 heavy (non-hydrogen) atoms. The highest BCUT2D eigenvalue weighted by Gasteiger charge is 2.26. The van der Waals surface area contributed by atoms with Crippen LogP contribution in [-0.4, -0.2) is 41.8 Å². The van der Waals surface area contributed by atoms with Gasteiger partial charge in [0.2, 0.25) is 5.91 Å². The summed E-state index contributed by atoms with van der Waals surface area (Å²) in [5.41, 5.74) is 4.53. The van der Waals surface area contributed by atoms with E-state index in [1.807, 2.05) is 12.1 Å². The zero-order valence-electron chi connectivity index (χ0n) is 19.9. The van der Waals surface area contributed by atoms with Gasteiger partial charge in [-0.1, -0.05) is 6.92 Å². The van der Waals surface area contributed by atoms with Gasteiger partial charge in [0.15, 0.2) is 0 Å². The Bertz CT molecular complexity index is 1050. The topological polar surface area (TPSA) is 34.5 Å². The van der Waals surface area contributed by atoms with Crippen molar-refractivity contribution in [3.05, 3.63) is 66.4 Å². The predicted molar refractivity (Wildman–Crippen MR) is 137 cm³/mol. The minimum absolute atomic E-state index is 0.278. The molecule has 1 fully saturated rings. The molecule has 0 unspecified atom stereocenters. The van der Waals surface area contributed by atoms with E-state index in [9.17, 15) is 4.79 Å². The van der Waals surface area contributed by atoms with Crippen molar-refractivity contribution >= 4 is 17.7 Å². The molecule has 1 heterocycles. The first kappa shape index (κ1) is 23.5. The van der Waals surface area contributed by atoms with Crippen LogP contribution in [0.5, 0.6) is 5.75 Å². The highest BCUT2D eigenvalue weighted by molar-refractivity contribution is 7.98. The number of ether oxygens (including phenoxy) is 1. The van der Waals surface area contributed by atoms with Crippen molar-refractivity contribution in [2.24, 2.45) is 5.92 Å². The SMILES string of the molecule is CCCN(CC1CC1)C(=O)CCc1ccc(-c2ccc(OC)cc2)n1-c1ccc(SC)cc1. The highest BCUT2D eigenvalue weighted by Crippen LogP contribution is 2.31. The molecule has 0 N–H and O–H groups in total. The molecule has 1 aliphatic carbocycles. The van der Waals surface area contributed by atoms with Gasteiger partial charge in [-0.15, -0.1) is 11.8 Å². The van der Waals surface area contributed by atoms with E-state index < -0.39 is 0 Å². The molecule has 0 atom stereocenters. The summed E-state index contributed by atoms with van der Waals surface area (Å²) in [5.74, 6) is 1.85. The average Bonchev–Trinajstić information content (AvgIpc) is 3.58. The Hall–Kier alpha value is -2.66. The van der Waals surface area contributed by atoms with Crippen LogP contribution in [-0.2, 0) is 11.2 Å². The second-order valence-corrected chi connectivity index (χ2v) is 9.63. The lowest BCUT2D eigenvalue weighted by Crippen LogP contribution is -2.33. The fraction of sp³-hybridized carbons (Fsp3) is 0.393. The van der Waals surface area contributed by atoms with Crippen LogP contribution in [0.25, 0.3) is 16.9 Å². The number of nitrogens with zero attached hydrogens (tertiary/aromatic N) is 2. The number of benzene rings is 2. The van der Waals surface area contributed by atoms with E-state index in [4.69, 9.17) is 4.74 Å². The number of aromatic nitrogens is 1. The third-order valence-corrected chi connectivity index (χ3v) is 7.04. The van der Waals surface area contributed by atoms with Crippen LogP contribution in [0.15, 0.2) is 65.6 Å². The molecule has 174 valence electrons. The third-order valence-electron chi connectivity index (χ3n) is 6.29. The summed E-state index contributed by atoms with van der Waals surface area (Å²) in [6.07, 6.45) is 6.92. The van der Waals surface area contributed by atoms with Gasteiger partial charge in [-0.3, -0.25) is 4.79 Å². The molecule has 2 aromatic carbocycles. The Balaban J connectivity index is 1.60. The molecular formula is C28H34N2O2S. The Kier molecular flexibility index (Phi) is 7.81.